The SMILES string of the molecule is COCCCCC1(CNC(=O)C2CC(NS(=O)(=O)c3ccc(C=O)cc3)CN(C(=O)OC(C)(C)C)C2)c2ccccc2Oc2ccccc21. The van der Waals surface area contributed by atoms with Crippen molar-refractivity contribution < 1.29 is 37.0 Å². The lowest BCUT2D eigenvalue weighted by molar-refractivity contribution is -0.127. The molecule has 2 aliphatic rings. The summed E-state index contributed by atoms with van der Waals surface area (Å²) in [4.78, 5) is 39.9. The molecule has 49 heavy (non-hydrogen) atoms. The monoisotopic (exact) mass is 691 g/mol. The van der Waals surface area contributed by atoms with Gasteiger partial charge in [-0.25, -0.2) is 17.9 Å². The normalized spacial score (nSPS) is 18.4. The van der Waals surface area contributed by atoms with Crippen LogP contribution in [0.4, 0.5) is 4.79 Å². The Morgan fingerprint density at radius 2 is 1.59 bits per heavy atom. The number of rotatable bonds is 12. The zero-order valence-electron chi connectivity index (χ0n) is 28.4. The predicted molar refractivity (Wildman–Crippen MR) is 184 cm³/mol. The highest BCUT2D eigenvalue weighted by atomic mass is 32.2. The van der Waals surface area contributed by atoms with Crippen molar-refractivity contribution in [1.82, 2.24) is 14.9 Å². The van der Waals surface area contributed by atoms with E-state index < -0.39 is 39.1 Å². The van der Waals surface area contributed by atoms with Gasteiger partial charge in [-0.2, -0.15) is 0 Å². The Balaban J connectivity index is 1.41. The van der Waals surface area contributed by atoms with Crippen molar-refractivity contribution in [1.29, 1.82) is 0 Å². The lowest BCUT2D eigenvalue weighted by Gasteiger charge is -2.42. The number of benzene rings is 3. The molecule has 2 N–H and O–H groups in total. The summed E-state index contributed by atoms with van der Waals surface area (Å²) >= 11 is 0. The molecule has 3 aromatic carbocycles. The van der Waals surface area contributed by atoms with Crippen LogP contribution in [0.1, 0.15) is 67.9 Å². The van der Waals surface area contributed by atoms with Gasteiger partial charge in [-0.15, -0.1) is 0 Å². The number of fused-ring (bicyclic) bond motifs is 2. The van der Waals surface area contributed by atoms with Crippen LogP contribution in [0.2, 0.25) is 0 Å². The van der Waals surface area contributed by atoms with Crippen LogP contribution < -0.4 is 14.8 Å². The standard InChI is InChI=1S/C37H45N3O8S/c1-36(2,3)48-35(43)40-22-27(21-28(23-40)39-49(44,45)29-17-15-26(24-41)16-18-29)34(42)38-25-37(19-9-10-20-46-4)30-11-5-7-13-32(30)47-33-14-8-6-12-31(33)37/h5-8,11-18,24,27-28,39H,9-10,19-23,25H2,1-4H3,(H,38,42). The molecular weight excluding hydrogens is 646 g/mol. The molecule has 5 rings (SSSR count). The second-order valence-corrected chi connectivity index (χ2v) is 15.4. The van der Waals surface area contributed by atoms with Gasteiger partial charge in [0.05, 0.1) is 10.8 Å². The van der Waals surface area contributed by atoms with Gasteiger partial charge in [0.2, 0.25) is 15.9 Å². The minimum absolute atomic E-state index is 0.0197. The van der Waals surface area contributed by atoms with Crippen molar-refractivity contribution in [2.45, 2.75) is 68.4 Å². The van der Waals surface area contributed by atoms with E-state index in [1.54, 1.807) is 27.9 Å². The van der Waals surface area contributed by atoms with Crippen LogP contribution in [0, 0.1) is 5.92 Å². The first-order valence-electron chi connectivity index (χ1n) is 16.5. The lowest BCUT2D eigenvalue weighted by atomic mass is 9.69. The molecule has 2 heterocycles. The van der Waals surface area contributed by atoms with Crippen LogP contribution >= 0.6 is 0 Å². The number of nitrogens with one attached hydrogen (secondary N) is 2. The summed E-state index contributed by atoms with van der Waals surface area (Å²) in [6.07, 6.45) is 2.55. The Morgan fingerprint density at radius 1 is 0.959 bits per heavy atom. The molecule has 2 unspecified atom stereocenters. The number of carbonyl (C=O) groups excluding carboxylic acids is 3. The second kappa shape index (κ2) is 15.1. The fourth-order valence-corrected chi connectivity index (χ4v) is 7.87. The van der Waals surface area contributed by atoms with Gasteiger partial charge in [-0.1, -0.05) is 48.5 Å². The van der Waals surface area contributed by atoms with Gasteiger partial charge in [0, 0.05) is 61.5 Å². The predicted octanol–water partition coefficient (Wildman–Crippen LogP) is 5.43. The largest absolute Gasteiger partial charge is 0.457 e. The molecule has 1 fully saturated rings. The van der Waals surface area contributed by atoms with E-state index in [2.05, 4.69) is 10.0 Å². The number of aldehydes is 1. The first-order chi connectivity index (χ1) is 23.3. The fourth-order valence-electron chi connectivity index (χ4n) is 6.63. The van der Waals surface area contributed by atoms with Crippen molar-refractivity contribution in [3.05, 3.63) is 89.5 Å². The van der Waals surface area contributed by atoms with E-state index in [-0.39, 0.29) is 36.9 Å². The van der Waals surface area contributed by atoms with E-state index in [1.807, 2.05) is 48.5 Å². The van der Waals surface area contributed by atoms with Crippen LogP contribution in [0.5, 0.6) is 11.5 Å². The molecule has 0 spiro atoms. The Hall–Kier alpha value is -4.26. The van der Waals surface area contributed by atoms with Crippen LogP contribution in [0.25, 0.3) is 0 Å². The molecule has 12 heteroatoms. The average molecular weight is 692 g/mol. The third kappa shape index (κ3) is 8.49. The number of likely N-dealkylation sites (tertiary alicyclic amines) is 1. The number of ether oxygens (including phenoxy) is 3. The summed E-state index contributed by atoms with van der Waals surface area (Å²) < 4.78 is 46.7. The Kier molecular flexibility index (Phi) is 11.1. The van der Waals surface area contributed by atoms with E-state index >= 15 is 0 Å². The Labute approximate surface area is 288 Å². The molecule has 11 nitrogen and oxygen atoms in total. The number of piperidine rings is 1. The molecule has 2 aliphatic heterocycles. The molecule has 0 bridgehead atoms. The number of para-hydroxylation sites is 2. The molecule has 0 saturated carbocycles. The van der Waals surface area contributed by atoms with Gasteiger partial charge in [0.25, 0.3) is 0 Å². The minimum atomic E-state index is -4.04. The van der Waals surface area contributed by atoms with Crippen molar-refractivity contribution in [3.8, 4) is 11.5 Å². The number of unbranched alkanes of at least 4 members (excludes halogenated alkanes) is 1. The van der Waals surface area contributed by atoms with Crippen molar-refractivity contribution in [2.24, 2.45) is 5.92 Å². The number of hydrogen-bond acceptors (Lipinski definition) is 8. The highest BCUT2D eigenvalue weighted by Gasteiger charge is 2.43. The Bertz CT molecular complexity index is 1710. The highest BCUT2D eigenvalue weighted by molar-refractivity contribution is 7.89. The summed E-state index contributed by atoms with van der Waals surface area (Å²) in [5, 5.41) is 3.21. The van der Waals surface area contributed by atoms with E-state index in [1.165, 1.54) is 29.2 Å². The quantitative estimate of drug-likeness (QED) is 0.189. The van der Waals surface area contributed by atoms with Gasteiger partial charge in [-0.3, -0.25) is 9.59 Å². The van der Waals surface area contributed by atoms with E-state index in [4.69, 9.17) is 14.2 Å². The molecule has 262 valence electrons. The van der Waals surface area contributed by atoms with E-state index in [0.717, 1.165) is 35.5 Å². The summed E-state index contributed by atoms with van der Waals surface area (Å²) in [6.45, 7) is 6.20. The van der Waals surface area contributed by atoms with Gasteiger partial charge < -0.3 is 24.4 Å². The van der Waals surface area contributed by atoms with Gasteiger partial charge in [-0.05, 0) is 70.7 Å². The summed E-state index contributed by atoms with van der Waals surface area (Å²) in [5.74, 6) is 0.422. The third-order valence-electron chi connectivity index (χ3n) is 8.91. The molecule has 1 saturated heterocycles. The lowest BCUT2D eigenvalue weighted by Crippen LogP contribution is -2.56. The molecule has 2 atom stereocenters. The zero-order valence-corrected chi connectivity index (χ0v) is 29.3. The van der Waals surface area contributed by atoms with Crippen LogP contribution in [-0.2, 0) is 29.7 Å². The summed E-state index contributed by atoms with van der Waals surface area (Å²) in [5.41, 5.74) is 0.882. The maximum atomic E-state index is 14.1. The van der Waals surface area contributed by atoms with E-state index in [0.29, 0.717) is 24.9 Å². The van der Waals surface area contributed by atoms with Gasteiger partial charge in [0.1, 0.15) is 23.4 Å². The first kappa shape index (κ1) is 36.0. The summed E-state index contributed by atoms with van der Waals surface area (Å²) in [6, 6.07) is 20.5. The molecule has 0 radical (unpaired) electrons. The first-order valence-corrected chi connectivity index (χ1v) is 18.0. The molecule has 2 amide bonds. The van der Waals surface area contributed by atoms with Crippen LogP contribution in [0.15, 0.2) is 77.7 Å². The van der Waals surface area contributed by atoms with Crippen molar-refractivity contribution >= 4 is 28.3 Å². The number of nitrogens with zero attached hydrogens (tertiary/aromatic N) is 1. The van der Waals surface area contributed by atoms with Gasteiger partial charge >= 0.3 is 6.09 Å². The fraction of sp³-hybridized carbons (Fsp3) is 0.432. The van der Waals surface area contributed by atoms with Crippen LogP contribution in [0.3, 0.4) is 0 Å². The zero-order chi connectivity index (χ0) is 35.2. The summed E-state index contributed by atoms with van der Waals surface area (Å²) in [7, 11) is -2.36. The topological polar surface area (TPSA) is 140 Å². The number of carbonyl (C=O) groups is 3. The third-order valence-corrected chi connectivity index (χ3v) is 10.4. The van der Waals surface area contributed by atoms with E-state index in [9.17, 15) is 22.8 Å². The molecule has 0 aliphatic carbocycles. The number of hydrogen-bond donors (Lipinski definition) is 2. The smallest absolute Gasteiger partial charge is 0.410 e. The molecule has 0 aromatic heterocycles. The van der Waals surface area contributed by atoms with Crippen LogP contribution in [-0.4, -0.2) is 76.6 Å². The Morgan fingerprint density at radius 3 is 2.18 bits per heavy atom. The average Bonchev–Trinajstić information content (AvgIpc) is 3.08. The highest BCUT2D eigenvalue weighted by Crippen LogP contribution is 2.50. The number of sulfonamides is 1. The maximum absolute atomic E-state index is 14.1. The van der Waals surface area contributed by atoms with Crippen molar-refractivity contribution in [2.75, 3.05) is 33.4 Å². The van der Waals surface area contributed by atoms with Crippen molar-refractivity contribution in [3.63, 3.8) is 0 Å². The molecule has 3 aromatic rings. The number of methoxy groups -OCH3 is 1. The number of amides is 2. The minimum Gasteiger partial charge on any atom is -0.457 e. The van der Waals surface area contributed by atoms with Gasteiger partial charge in [0.15, 0.2) is 0 Å². The molecular formula is C37H45N3O8S. The second-order valence-electron chi connectivity index (χ2n) is 13.7. The maximum Gasteiger partial charge on any atom is 0.410 e.